The molecule has 84 valence electrons. The van der Waals surface area contributed by atoms with Crippen molar-refractivity contribution in [2.24, 2.45) is 5.92 Å². The van der Waals surface area contributed by atoms with Gasteiger partial charge in [0.15, 0.2) is 0 Å². The first-order chi connectivity index (χ1) is 6.89. The van der Waals surface area contributed by atoms with E-state index >= 15 is 0 Å². The topological polar surface area (TPSA) is 22.0 Å². The van der Waals surface area contributed by atoms with Crippen molar-refractivity contribution in [3.8, 4) is 0 Å². The Morgan fingerprint density at radius 1 is 1.47 bits per heavy atom. The number of halogens is 3. The smallest absolute Gasteiger partial charge is 0.294 e. The summed E-state index contributed by atoms with van der Waals surface area (Å²) in [5.74, 6) is 0.262. The molecule has 1 saturated carbocycles. The van der Waals surface area contributed by atoms with Gasteiger partial charge in [-0.25, -0.2) is 0 Å². The second-order valence-corrected chi connectivity index (χ2v) is 4.99. The first-order valence-corrected chi connectivity index (χ1v) is 5.48. The average Bonchev–Trinajstić information content (AvgIpc) is 2.78. The zero-order valence-electron chi connectivity index (χ0n) is 8.10. The molecule has 0 saturated heterocycles. The molecule has 1 fully saturated rings. The molecule has 0 aliphatic heterocycles. The van der Waals surface area contributed by atoms with Crippen molar-refractivity contribution < 1.29 is 13.2 Å². The van der Waals surface area contributed by atoms with E-state index in [1.807, 2.05) is 0 Å². The van der Waals surface area contributed by atoms with Gasteiger partial charge in [0.2, 0.25) is 0 Å². The Hall–Kier alpha value is -0.780. The van der Waals surface area contributed by atoms with E-state index in [0.717, 1.165) is 17.4 Å². The Morgan fingerprint density at radius 3 is 2.53 bits per heavy atom. The van der Waals surface area contributed by atoms with E-state index in [1.165, 1.54) is 6.92 Å². The van der Waals surface area contributed by atoms with Crippen LogP contribution in [0.5, 0.6) is 0 Å². The van der Waals surface area contributed by atoms with Crippen LogP contribution in [0.2, 0.25) is 0 Å². The number of thiazole rings is 1. The van der Waals surface area contributed by atoms with Gasteiger partial charge in [0.05, 0.1) is 0 Å². The van der Waals surface area contributed by atoms with Gasteiger partial charge in [-0.1, -0.05) is 11.3 Å². The molecule has 0 spiro atoms. The van der Waals surface area contributed by atoms with Gasteiger partial charge >= 0.3 is 11.0 Å². The molecule has 2 nitrogen and oxygen atoms in total. The Kier molecular flexibility index (Phi) is 2.41. The molecular weight excluding hydrogens is 227 g/mol. The van der Waals surface area contributed by atoms with Gasteiger partial charge in [0, 0.05) is 11.4 Å². The van der Waals surface area contributed by atoms with Crippen LogP contribution in [0, 0.1) is 12.8 Å². The summed E-state index contributed by atoms with van der Waals surface area (Å²) in [5, 5.41) is 0. The summed E-state index contributed by atoms with van der Waals surface area (Å²) in [6.07, 6.45) is -2.56. The number of aromatic nitrogens is 1. The van der Waals surface area contributed by atoms with Crippen molar-refractivity contribution in [2.75, 3.05) is 0 Å². The fourth-order valence-corrected chi connectivity index (χ4v) is 2.45. The number of alkyl halides is 3. The molecular formula is C9H10F3NOS. The summed E-state index contributed by atoms with van der Waals surface area (Å²) in [6, 6.07) is 0. The van der Waals surface area contributed by atoms with Crippen molar-refractivity contribution in [1.82, 2.24) is 4.57 Å². The van der Waals surface area contributed by atoms with Gasteiger partial charge in [-0.3, -0.25) is 9.36 Å². The molecule has 1 aliphatic carbocycles. The van der Waals surface area contributed by atoms with E-state index in [2.05, 4.69) is 0 Å². The zero-order valence-corrected chi connectivity index (χ0v) is 8.91. The Balaban J connectivity index is 2.45. The molecule has 1 aliphatic rings. The third-order valence-electron chi connectivity index (χ3n) is 2.47. The van der Waals surface area contributed by atoms with Crippen molar-refractivity contribution in [1.29, 1.82) is 0 Å². The van der Waals surface area contributed by atoms with Gasteiger partial charge in [-0.05, 0) is 25.7 Å². The van der Waals surface area contributed by atoms with Crippen LogP contribution < -0.4 is 4.87 Å². The lowest BCUT2D eigenvalue weighted by atomic mass is 10.3. The van der Waals surface area contributed by atoms with Crippen molar-refractivity contribution >= 4 is 11.3 Å². The number of rotatable bonds is 2. The Morgan fingerprint density at radius 2 is 2.07 bits per heavy atom. The van der Waals surface area contributed by atoms with Crippen LogP contribution in [0.15, 0.2) is 4.79 Å². The fraction of sp³-hybridized carbons (Fsp3) is 0.667. The van der Waals surface area contributed by atoms with Crippen LogP contribution >= 0.6 is 11.3 Å². The lowest BCUT2D eigenvalue weighted by Crippen LogP contribution is -2.22. The molecule has 0 bridgehead atoms. The standard InChI is InChI=1S/C9H10F3NOS/c1-5-7(9(10,11)12)13(8(14)15-5)4-6-2-3-6/h6H,2-4H2,1H3. The van der Waals surface area contributed by atoms with E-state index < -0.39 is 16.7 Å². The van der Waals surface area contributed by atoms with Crippen LogP contribution in [-0.4, -0.2) is 4.57 Å². The van der Waals surface area contributed by atoms with Crippen molar-refractivity contribution in [3.63, 3.8) is 0 Å². The largest absolute Gasteiger partial charge is 0.432 e. The van der Waals surface area contributed by atoms with Gasteiger partial charge in [-0.15, -0.1) is 0 Å². The van der Waals surface area contributed by atoms with Gasteiger partial charge < -0.3 is 0 Å². The van der Waals surface area contributed by atoms with E-state index in [0.29, 0.717) is 11.3 Å². The maximum absolute atomic E-state index is 12.6. The molecule has 0 atom stereocenters. The monoisotopic (exact) mass is 237 g/mol. The predicted octanol–water partition coefficient (Wildman–Crippen LogP) is 2.65. The highest BCUT2D eigenvalue weighted by molar-refractivity contribution is 7.09. The number of nitrogens with zero attached hydrogens (tertiary/aromatic N) is 1. The Labute approximate surface area is 88.3 Å². The first-order valence-electron chi connectivity index (χ1n) is 4.67. The van der Waals surface area contributed by atoms with Crippen LogP contribution in [0.1, 0.15) is 23.4 Å². The second-order valence-electron chi connectivity index (χ2n) is 3.82. The molecule has 1 aromatic heterocycles. The van der Waals surface area contributed by atoms with Gasteiger partial charge in [-0.2, -0.15) is 13.2 Å². The summed E-state index contributed by atoms with van der Waals surface area (Å²) >= 11 is 0.680. The van der Waals surface area contributed by atoms with Gasteiger partial charge in [0.25, 0.3) is 0 Å². The molecule has 1 heterocycles. The average molecular weight is 237 g/mol. The van der Waals surface area contributed by atoms with E-state index in [1.54, 1.807) is 0 Å². The summed E-state index contributed by atoms with van der Waals surface area (Å²) in [6.45, 7) is 1.57. The quantitative estimate of drug-likeness (QED) is 0.775. The van der Waals surface area contributed by atoms with Crippen LogP contribution in [0.4, 0.5) is 13.2 Å². The lowest BCUT2D eigenvalue weighted by Gasteiger charge is -2.10. The minimum Gasteiger partial charge on any atom is -0.294 e. The number of hydrogen-bond donors (Lipinski definition) is 0. The summed E-state index contributed by atoms with van der Waals surface area (Å²) in [5.41, 5.74) is -0.760. The molecule has 2 rings (SSSR count). The molecule has 1 aromatic rings. The number of hydrogen-bond acceptors (Lipinski definition) is 2. The summed E-state index contributed by atoms with van der Waals surface area (Å²) < 4.78 is 38.8. The normalized spacial score (nSPS) is 17.1. The summed E-state index contributed by atoms with van der Waals surface area (Å²) in [4.78, 5) is 10.9. The minimum atomic E-state index is -4.42. The highest BCUT2D eigenvalue weighted by atomic mass is 32.1. The summed E-state index contributed by atoms with van der Waals surface area (Å²) in [7, 11) is 0. The van der Waals surface area contributed by atoms with E-state index in [-0.39, 0.29) is 17.3 Å². The van der Waals surface area contributed by atoms with Crippen LogP contribution in [-0.2, 0) is 12.7 Å². The first kappa shape index (κ1) is 10.7. The molecule has 6 heteroatoms. The molecule has 0 aromatic carbocycles. The predicted molar refractivity (Wildman–Crippen MR) is 51.0 cm³/mol. The SMILES string of the molecule is Cc1sc(=O)n(CC2CC2)c1C(F)(F)F. The van der Waals surface area contributed by atoms with E-state index in [4.69, 9.17) is 0 Å². The third kappa shape index (κ3) is 2.09. The van der Waals surface area contributed by atoms with E-state index in [9.17, 15) is 18.0 Å². The molecule has 0 radical (unpaired) electrons. The highest BCUT2D eigenvalue weighted by Gasteiger charge is 2.39. The third-order valence-corrected chi connectivity index (χ3v) is 3.36. The maximum Gasteiger partial charge on any atom is 0.432 e. The van der Waals surface area contributed by atoms with Crippen molar-refractivity contribution in [2.45, 2.75) is 32.5 Å². The maximum atomic E-state index is 12.6. The minimum absolute atomic E-state index is 0.0631. The van der Waals surface area contributed by atoms with Crippen LogP contribution in [0.3, 0.4) is 0 Å². The molecule has 0 unspecified atom stereocenters. The van der Waals surface area contributed by atoms with Crippen molar-refractivity contribution in [3.05, 3.63) is 20.2 Å². The highest BCUT2D eigenvalue weighted by Crippen LogP contribution is 2.36. The Bertz CT molecular complexity index is 428. The number of aryl methyl sites for hydroxylation is 1. The molecule has 0 amide bonds. The van der Waals surface area contributed by atoms with Crippen LogP contribution in [0.25, 0.3) is 0 Å². The fourth-order valence-electron chi connectivity index (χ4n) is 1.59. The lowest BCUT2D eigenvalue weighted by molar-refractivity contribution is -0.144. The zero-order chi connectivity index (χ0) is 11.2. The van der Waals surface area contributed by atoms with Gasteiger partial charge in [0.1, 0.15) is 5.69 Å². The second kappa shape index (κ2) is 3.37. The molecule has 0 N–H and O–H groups in total. The molecule has 15 heavy (non-hydrogen) atoms.